The van der Waals surface area contributed by atoms with E-state index in [4.69, 9.17) is 18.9 Å². The molecule has 0 radical (unpaired) electrons. The molecule has 2 heterocycles. The Morgan fingerprint density at radius 2 is 0.850 bits per heavy atom. The zero-order valence-corrected chi connectivity index (χ0v) is 27.6. The van der Waals surface area contributed by atoms with Gasteiger partial charge in [-0.2, -0.15) is 0 Å². The first-order chi connectivity index (χ1) is 18.1. The Balaban J connectivity index is 1.38. The lowest BCUT2D eigenvalue weighted by atomic mass is 9.07. The highest BCUT2D eigenvalue weighted by Crippen LogP contribution is 3.05. The largest absolute Gasteiger partial charge is 0.350 e. The lowest BCUT2D eigenvalue weighted by Crippen LogP contribution is -2.91. The van der Waals surface area contributed by atoms with E-state index in [0.29, 0.717) is 11.8 Å². The van der Waals surface area contributed by atoms with Crippen LogP contribution in [-0.4, -0.2) is 38.0 Å². The van der Waals surface area contributed by atoms with Crippen LogP contribution in [0, 0.1) is 55.2 Å². The van der Waals surface area contributed by atoms with Gasteiger partial charge in [0.1, 0.15) is 0 Å². The minimum atomic E-state index is -0.479. The maximum Gasteiger partial charge on any atom is 0.162 e. The summed E-state index contributed by atoms with van der Waals surface area (Å²) in [6.07, 6.45) is 10.2. The van der Waals surface area contributed by atoms with E-state index in [1.165, 1.54) is 25.7 Å². The third-order valence-electron chi connectivity index (χ3n) is 13.3. The van der Waals surface area contributed by atoms with Crippen LogP contribution in [0.2, 0.25) is 0 Å². The van der Waals surface area contributed by atoms with E-state index in [-0.39, 0.29) is 43.3 Å². The van der Waals surface area contributed by atoms with Gasteiger partial charge >= 0.3 is 0 Å². The van der Waals surface area contributed by atoms with Crippen LogP contribution in [-0.2, 0) is 18.9 Å². The summed E-state index contributed by atoms with van der Waals surface area (Å²) < 4.78 is 25.8. The van der Waals surface area contributed by atoms with Crippen LogP contribution in [0.4, 0.5) is 0 Å². The van der Waals surface area contributed by atoms with Crippen molar-refractivity contribution in [1.82, 2.24) is 0 Å². The fraction of sp³-hybridized carbons (Fsp3) is 0.889. The van der Waals surface area contributed by atoms with Crippen LogP contribution in [0.3, 0.4) is 0 Å². The number of hydrogen-bond donors (Lipinski definition) is 0. The molecule has 6 atom stereocenters. The molecule has 5 saturated carbocycles. The Morgan fingerprint density at radius 1 is 0.550 bits per heavy atom. The molecular formula is C36H56O4. The van der Waals surface area contributed by atoms with Gasteiger partial charge in [-0.3, -0.25) is 0 Å². The van der Waals surface area contributed by atoms with Gasteiger partial charge < -0.3 is 18.9 Å². The summed E-state index contributed by atoms with van der Waals surface area (Å²) in [5, 5.41) is 0. The summed E-state index contributed by atoms with van der Waals surface area (Å²) in [7, 11) is 0. The maximum absolute atomic E-state index is 6.44. The molecule has 7 rings (SSSR count). The lowest BCUT2D eigenvalue weighted by molar-refractivity contribution is -0.413. The van der Waals surface area contributed by atoms with Crippen molar-refractivity contribution in [3.05, 3.63) is 23.3 Å². The van der Waals surface area contributed by atoms with E-state index < -0.39 is 11.6 Å². The molecule has 0 amide bonds. The second-order valence-corrected chi connectivity index (χ2v) is 18.9. The molecule has 0 N–H and O–H groups in total. The van der Waals surface area contributed by atoms with Crippen LogP contribution < -0.4 is 0 Å². The molecule has 4 heteroatoms. The average Bonchev–Trinajstić information content (AvgIpc) is 3.32. The summed E-state index contributed by atoms with van der Waals surface area (Å²) in [4.78, 5) is 0. The van der Waals surface area contributed by atoms with Crippen molar-refractivity contribution in [2.24, 2.45) is 55.2 Å². The molecule has 4 nitrogen and oxygen atoms in total. The fourth-order valence-corrected chi connectivity index (χ4v) is 12.2. The van der Waals surface area contributed by atoms with Gasteiger partial charge in [-0.15, -0.1) is 0 Å². The van der Waals surface area contributed by atoms with E-state index in [9.17, 15) is 0 Å². The van der Waals surface area contributed by atoms with Crippen molar-refractivity contribution in [2.45, 2.75) is 120 Å². The zero-order valence-electron chi connectivity index (χ0n) is 27.6. The molecule has 2 saturated heterocycles. The molecule has 40 heavy (non-hydrogen) atoms. The third-order valence-corrected chi connectivity index (χ3v) is 13.3. The van der Waals surface area contributed by atoms with Crippen LogP contribution in [0.1, 0.15) is 109 Å². The SMILES string of the molecule is CC(C)(C)/C=C1/[C@H]2CC3(COC(C)(C)OC3)C[C@@]23[C@]1(C)[C@]1(C)/C(=C/C(C)(C)C)[C@H]2CC4(COC(C)(C)OC4)C[C@]213. The topological polar surface area (TPSA) is 36.9 Å². The van der Waals surface area contributed by atoms with Crippen molar-refractivity contribution in [2.75, 3.05) is 26.4 Å². The highest BCUT2D eigenvalue weighted by Gasteiger charge is 3.01. The highest BCUT2D eigenvalue weighted by atomic mass is 16.7. The van der Waals surface area contributed by atoms with Crippen molar-refractivity contribution in [3.63, 3.8) is 0 Å². The van der Waals surface area contributed by atoms with Crippen molar-refractivity contribution >= 4 is 0 Å². The van der Waals surface area contributed by atoms with Crippen molar-refractivity contribution in [1.29, 1.82) is 0 Å². The highest BCUT2D eigenvalue weighted by molar-refractivity contribution is 5.64. The second kappa shape index (κ2) is 7.33. The van der Waals surface area contributed by atoms with Crippen LogP contribution in [0.25, 0.3) is 0 Å². The maximum atomic E-state index is 6.44. The van der Waals surface area contributed by atoms with Crippen LogP contribution in [0.15, 0.2) is 23.3 Å². The third kappa shape index (κ3) is 3.04. The summed E-state index contributed by atoms with van der Waals surface area (Å²) in [5.74, 6) is 0.280. The predicted molar refractivity (Wildman–Crippen MR) is 158 cm³/mol. The standard InChI is InChI=1S/C36H56O4/c1-27(2,3)13-23-25-15-33(19-37-29(7,8)38-20-33)17-35(25)31(23,11)32(12)24(14-28(4,5)6)26-16-34(18-36(26,32)35)21-39-30(9,10)40-22-34/h13-14,25-26H,15-22H2,1-12H3/b23-13-,24-14+/t25-,26-,31+,32+,35+,36+/m1/s1. The number of hydrogen-bond acceptors (Lipinski definition) is 4. The number of fused-ring (bicyclic) bond motifs is 1. The summed E-state index contributed by atoms with van der Waals surface area (Å²) in [6, 6.07) is 0. The molecule has 7 aliphatic rings. The van der Waals surface area contributed by atoms with Gasteiger partial charge in [0.15, 0.2) is 11.6 Å². The molecule has 4 spiro atoms. The first kappa shape index (κ1) is 28.1. The van der Waals surface area contributed by atoms with Gasteiger partial charge in [-0.25, -0.2) is 0 Å². The molecule has 0 bridgehead atoms. The Bertz CT molecular complexity index is 1090. The molecule has 0 aromatic carbocycles. The minimum Gasteiger partial charge on any atom is -0.350 e. The van der Waals surface area contributed by atoms with E-state index in [2.05, 4.69) is 95.2 Å². The van der Waals surface area contributed by atoms with E-state index in [1.807, 2.05) is 0 Å². The van der Waals surface area contributed by atoms with Crippen LogP contribution in [0.5, 0.6) is 0 Å². The lowest BCUT2D eigenvalue weighted by Gasteiger charge is -2.96. The van der Waals surface area contributed by atoms with Gasteiger partial charge in [0.05, 0.1) is 26.4 Å². The van der Waals surface area contributed by atoms with Gasteiger partial charge in [0, 0.05) is 21.7 Å². The minimum absolute atomic E-state index is 0.107. The van der Waals surface area contributed by atoms with Crippen molar-refractivity contribution in [3.8, 4) is 0 Å². The van der Waals surface area contributed by atoms with E-state index >= 15 is 0 Å². The molecule has 0 aromatic heterocycles. The molecule has 224 valence electrons. The first-order valence-electron chi connectivity index (χ1n) is 16.1. The zero-order chi connectivity index (χ0) is 29.2. The summed E-state index contributed by atoms with van der Waals surface area (Å²) >= 11 is 0. The number of rotatable bonds is 0. The van der Waals surface area contributed by atoms with E-state index in [1.54, 1.807) is 11.1 Å². The van der Waals surface area contributed by atoms with Crippen molar-refractivity contribution < 1.29 is 18.9 Å². The molecule has 7 fully saturated rings. The smallest absolute Gasteiger partial charge is 0.162 e. The Morgan fingerprint density at radius 3 is 1.12 bits per heavy atom. The molecule has 2 aliphatic heterocycles. The molecule has 0 unspecified atom stereocenters. The van der Waals surface area contributed by atoms with Gasteiger partial charge in [0.25, 0.3) is 0 Å². The number of allylic oxidation sites excluding steroid dienone is 4. The van der Waals surface area contributed by atoms with E-state index in [0.717, 1.165) is 26.4 Å². The molecule has 5 aliphatic carbocycles. The molecule has 0 aromatic rings. The summed E-state index contributed by atoms with van der Waals surface area (Å²) in [6.45, 7) is 31.3. The summed E-state index contributed by atoms with van der Waals surface area (Å²) in [5.41, 5.74) is 4.93. The second-order valence-electron chi connectivity index (χ2n) is 18.9. The van der Waals surface area contributed by atoms with Gasteiger partial charge in [-0.1, -0.05) is 78.7 Å². The van der Waals surface area contributed by atoms with Gasteiger partial charge in [-0.05, 0) is 86.9 Å². The Kier molecular flexibility index (Phi) is 5.15. The Labute approximate surface area is 244 Å². The Hall–Kier alpha value is -0.680. The quantitative estimate of drug-likeness (QED) is 0.283. The monoisotopic (exact) mass is 552 g/mol. The predicted octanol–water partition coefficient (Wildman–Crippen LogP) is 8.32. The number of ether oxygens (including phenoxy) is 4. The first-order valence-corrected chi connectivity index (χ1v) is 16.1. The van der Waals surface area contributed by atoms with Crippen LogP contribution >= 0.6 is 0 Å². The van der Waals surface area contributed by atoms with Gasteiger partial charge in [0.2, 0.25) is 0 Å². The molecular weight excluding hydrogens is 496 g/mol. The fourth-order valence-electron chi connectivity index (χ4n) is 12.2. The average molecular weight is 553 g/mol. The normalized spacial score (nSPS) is 49.1.